The summed E-state index contributed by atoms with van der Waals surface area (Å²) in [7, 11) is -3.02. The van der Waals surface area contributed by atoms with Crippen molar-refractivity contribution in [3.05, 3.63) is 35.7 Å². The predicted octanol–water partition coefficient (Wildman–Crippen LogP) is 2.14. The van der Waals surface area contributed by atoms with E-state index in [2.05, 4.69) is 10.4 Å². The molecule has 0 spiro atoms. The van der Waals surface area contributed by atoms with Crippen molar-refractivity contribution in [3.8, 4) is 11.5 Å². The van der Waals surface area contributed by atoms with Crippen molar-refractivity contribution in [1.82, 2.24) is 9.78 Å². The zero-order valence-electron chi connectivity index (χ0n) is 15.3. The normalized spacial score (nSPS) is 22.8. The van der Waals surface area contributed by atoms with Crippen LogP contribution in [0.4, 0.5) is 5.69 Å². The molecule has 0 radical (unpaired) electrons. The van der Waals surface area contributed by atoms with E-state index in [4.69, 9.17) is 9.47 Å². The van der Waals surface area contributed by atoms with Gasteiger partial charge in [-0.1, -0.05) is 0 Å². The molecule has 28 heavy (non-hydrogen) atoms. The van der Waals surface area contributed by atoms with Crippen LogP contribution < -0.4 is 14.8 Å². The highest BCUT2D eigenvalue weighted by Crippen LogP contribution is 2.42. The number of ether oxygens (including phenoxy) is 2. The molecular formula is C19H21N3O5S. The second-order valence-electron chi connectivity index (χ2n) is 7.54. The van der Waals surface area contributed by atoms with Gasteiger partial charge in [-0.3, -0.25) is 9.48 Å². The van der Waals surface area contributed by atoms with E-state index in [-0.39, 0.29) is 23.5 Å². The minimum absolute atomic E-state index is 0.0949. The lowest BCUT2D eigenvalue weighted by atomic mass is 10.2. The zero-order valence-corrected chi connectivity index (χ0v) is 16.1. The number of nitrogens with one attached hydrogen (secondary N) is 1. The van der Waals surface area contributed by atoms with E-state index < -0.39 is 9.84 Å². The Morgan fingerprint density at radius 3 is 2.61 bits per heavy atom. The number of benzene rings is 1. The first kappa shape index (κ1) is 17.5. The SMILES string of the molecule is O=C(Nc1ccc2c(c1)OCCO2)c1cc(C2CC2)n([C@H]2CCS(=O)(=O)C2)n1. The summed E-state index contributed by atoms with van der Waals surface area (Å²) in [5.74, 6) is 1.58. The third-order valence-corrected chi connectivity index (χ3v) is 7.10. The number of nitrogens with zero attached hydrogens (tertiary/aromatic N) is 2. The number of hydrogen-bond acceptors (Lipinski definition) is 6. The number of carbonyl (C=O) groups is 1. The summed E-state index contributed by atoms with van der Waals surface area (Å²) in [4.78, 5) is 12.8. The molecule has 2 aromatic rings. The van der Waals surface area contributed by atoms with Crippen LogP contribution in [0.25, 0.3) is 0 Å². The molecule has 1 aromatic heterocycles. The van der Waals surface area contributed by atoms with E-state index in [0.29, 0.717) is 48.4 Å². The fourth-order valence-corrected chi connectivity index (χ4v) is 5.47. The number of sulfone groups is 1. The number of hydrogen-bond donors (Lipinski definition) is 1. The molecule has 5 rings (SSSR count). The molecule has 2 fully saturated rings. The highest BCUT2D eigenvalue weighted by molar-refractivity contribution is 7.91. The van der Waals surface area contributed by atoms with E-state index in [1.807, 2.05) is 0 Å². The van der Waals surface area contributed by atoms with Crippen molar-refractivity contribution in [3.63, 3.8) is 0 Å². The van der Waals surface area contributed by atoms with Gasteiger partial charge in [-0.2, -0.15) is 5.10 Å². The molecule has 8 nitrogen and oxygen atoms in total. The fourth-order valence-electron chi connectivity index (χ4n) is 3.78. The summed E-state index contributed by atoms with van der Waals surface area (Å²) >= 11 is 0. The smallest absolute Gasteiger partial charge is 0.276 e. The maximum atomic E-state index is 12.8. The molecule has 0 bridgehead atoms. The van der Waals surface area contributed by atoms with Crippen LogP contribution in [0.15, 0.2) is 24.3 Å². The van der Waals surface area contributed by atoms with Crippen molar-refractivity contribution in [2.75, 3.05) is 30.0 Å². The molecule has 148 valence electrons. The minimum Gasteiger partial charge on any atom is -0.486 e. The minimum atomic E-state index is -3.02. The van der Waals surface area contributed by atoms with Gasteiger partial charge in [-0.25, -0.2) is 8.42 Å². The number of rotatable bonds is 4. The summed E-state index contributed by atoms with van der Waals surface area (Å²) in [5.41, 5.74) is 1.87. The maximum Gasteiger partial charge on any atom is 0.276 e. The Labute approximate surface area is 162 Å². The van der Waals surface area contributed by atoms with Gasteiger partial charge in [0.05, 0.1) is 17.5 Å². The second kappa shape index (κ2) is 6.51. The quantitative estimate of drug-likeness (QED) is 0.840. The Balaban J connectivity index is 1.39. The zero-order chi connectivity index (χ0) is 19.3. The average Bonchev–Trinajstić information content (AvgIpc) is 3.32. The molecule has 3 heterocycles. The number of fused-ring (bicyclic) bond motifs is 1. The van der Waals surface area contributed by atoms with Gasteiger partial charge in [0.25, 0.3) is 5.91 Å². The van der Waals surface area contributed by atoms with Gasteiger partial charge in [0, 0.05) is 23.4 Å². The molecule has 1 saturated heterocycles. The van der Waals surface area contributed by atoms with Crippen molar-refractivity contribution < 1.29 is 22.7 Å². The van der Waals surface area contributed by atoms with Crippen molar-refractivity contribution in [1.29, 1.82) is 0 Å². The fraction of sp³-hybridized carbons (Fsp3) is 0.474. The first-order valence-corrected chi connectivity index (χ1v) is 11.3. The Morgan fingerprint density at radius 1 is 1.11 bits per heavy atom. The van der Waals surface area contributed by atoms with Gasteiger partial charge in [0.15, 0.2) is 27.0 Å². The lowest BCUT2D eigenvalue weighted by Gasteiger charge is -2.18. The number of carbonyl (C=O) groups excluding carboxylic acids is 1. The largest absolute Gasteiger partial charge is 0.486 e. The molecule has 1 amide bonds. The van der Waals surface area contributed by atoms with Crippen molar-refractivity contribution in [2.45, 2.75) is 31.2 Å². The van der Waals surface area contributed by atoms with Crippen LogP contribution in [0, 0.1) is 0 Å². The predicted molar refractivity (Wildman–Crippen MR) is 102 cm³/mol. The van der Waals surface area contributed by atoms with Gasteiger partial charge in [-0.05, 0) is 37.5 Å². The van der Waals surface area contributed by atoms with Crippen LogP contribution in [-0.2, 0) is 9.84 Å². The lowest BCUT2D eigenvalue weighted by Crippen LogP contribution is -2.18. The molecule has 9 heteroatoms. The molecule has 0 unspecified atom stereocenters. The molecule has 1 atom stereocenters. The standard InChI is InChI=1S/C19H21N3O5S/c23-19(20-13-3-4-17-18(9-13)27-7-6-26-17)15-10-16(12-1-2-12)22(21-15)14-5-8-28(24,25)11-14/h3-4,9-10,12,14H,1-2,5-8,11H2,(H,20,23)/t14-/m0/s1. The van der Waals surface area contributed by atoms with Gasteiger partial charge in [0.1, 0.15) is 13.2 Å². The highest BCUT2D eigenvalue weighted by Gasteiger charge is 2.36. The maximum absolute atomic E-state index is 12.8. The van der Waals surface area contributed by atoms with Crippen LogP contribution in [0.1, 0.15) is 47.4 Å². The average molecular weight is 403 g/mol. The first-order valence-electron chi connectivity index (χ1n) is 9.49. The Bertz CT molecular complexity index is 1040. The lowest BCUT2D eigenvalue weighted by molar-refractivity contribution is 0.102. The monoisotopic (exact) mass is 403 g/mol. The Morgan fingerprint density at radius 2 is 1.89 bits per heavy atom. The van der Waals surface area contributed by atoms with E-state index in [0.717, 1.165) is 18.5 Å². The number of anilines is 1. The van der Waals surface area contributed by atoms with Crippen LogP contribution in [0.2, 0.25) is 0 Å². The molecule has 1 saturated carbocycles. The molecule has 1 aliphatic carbocycles. The van der Waals surface area contributed by atoms with E-state index in [9.17, 15) is 13.2 Å². The van der Waals surface area contributed by atoms with E-state index >= 15 is 0 Å². The van der Waals surface area contributed by atoms with Gasteiger partial charge < -0.3 is 14.8 Å². The molecule has 2 aliphatic heterocycles. The van der Waals surface area contributed by atoms with Crippen LogP contribution >= 0.6 is 0 Å². The van der Waals surface area contributed by atoms with E-state index in [1.54, 1.807) is 28.9 Å². The topological polar surface area (TPSA) is 99.5 Å². The van der Waals surface area contributed by atoms with Crippen LogP contribution in [0.5, 0.6) is 11.5 Å². The van der Waals surface area contributed by atoms with Crippen molar-refractivity contribution >= 4 is 21.4 Å². The highest BCUT2D eigenvalue weighted by atomic mass is 32.2. The third-order valence-electron chi connectivity index (χ3n) is 5.35. The molecule has 1 N–H and O–H groups in total. The van der Waals surface area contributed by atoms with Crippen molar-refractivity contribution in [2.24, 2.45) is 0 Å². The Hall–Kier alpha value is -2.55. The summed E-state index contributed by atoms with van der Waals surface area (Å²) in [6.45, 7) is 0.987. The Kier molecular flexibility index (Phi) is 4.08. The summed E-state index contributed by atoms with van der Waals surface area (Å²) in [6.07, 6.45) is 2.65. The van der Waals surface area contributed by atoms with Gasteiger partial charge >= 0.3 is 0 Å². The molecule has 1 aromatic carbocycles. The molecular weight excluding hydrogens is 382 g/mol. The van der Waals surface area contributed by atoms with Gasteiger partial charge in [0.2, 0.25) is 0 Å². The van der Waals surface area contributed by atoms with Crippen LogP contribution in [-0.4, -0.2) is 48.8 Å². The summed E-state index contributed by atoms with van der Waals surface area (Å²) < 4.78 is 36.6. The second-order valence-corrected chi connectivity index (χ2v) is 9.77. The number of aromatic nitrogens is 2. The first-order chi connectivity index (χ1) is 13.5. The third kappa shape index (κ3) is 3.34. The van der Waals surface area contributed by atoms with Crippen LogP contribution in [0.3, 0.4) is 0 Å². The summed E-state index contributed by atoms with van der Waals surface area (Å²) in [5, 5.41) is 7.33. The van der Waals surface area contributed by atoms with E-state index in [1.165, 1.54) is 0 Å². The number of amides is 1. The van der Waals surface area contributed by atoms with Gasteiger partial charge in [-0.15, -0.1) is 0 Å². The molecule has 3 aliphatic rings. The summed E-state index contributed by atoms with van der Waals surface area (Å²) in [6, 6.07) is 6.87.